The largest absolute Gasteiger partial charge is 0.389 e. The van der Waals surface area contributed by atoms with Gasteiger partial charge in [0, 0.05) is 12.5 Å². The SMILES string of the molecule is CCCNC(CCC(F)(F)F)C(C)c1ccccc1. The zero-order chi connectivity index (χ0) is 14.3. The molecule has 4 heteroatoms. The van der Waals surface area contributed by atoms with Gasteiger partial charge in [-0.05, 0) is 30.9 Å². The highest BCUT2D eigenvalue weighted by molar-refractivity contribution is 5.20. The van der Waals surface area contributed by atoms with Crippen LogP contribution in [0.4, 0.5) is 13.2 Å². The molecule has 19 heavy (non-hydrogen) atoms. The molecule has 1 rings (SSSR count). The van der Waals surface area contributed by atoms with E-state index in [9.17, 15) is 13.2 Å². The van der Waals surface area contributed by atoms with E-state index in [1.807, 2.05) is 44.2 Å². The number of benzene rings is 1. The molecule has 2 unspecified atom stereocenters. The van der Waals surface area contributed by atoms with Crippen LogP contribution in [0.2, 0.25) is 0 Å². The van der Waals surface area contributed by atoms with Crippen molar-refractivity contribution < 1.29 is 13.2 Å². The first kappa shape index (κ1) is 16.0. The van der Waals surface area contributed by atoms with Gasteiger partial charge >= 0.3 is 6.18 Å². The summed E-state index contributed by atoms with van der Waals surface area (Å²) < 4.78 is 37.1. The second-order valence-electron chi connectivity index (χ2n) is 4.91. The van der Waals surface area contributed by atoms with Crippen molar-refractivity contribution in [1.29, 1.82) is 0 Å². The molecule has 0 amide bonds. The van der Waals surface area contributed by atoms with E-state index in [4.69, 9.17) is 0 Å². The Morgan fingerprint density at radius 1 is 1.16 bits per heavy atom. The third kappa shape index (κ3) is 6.10. The van der Waals surface area contributed by atoms with Gasteiger partial charge in [0.05, 0.1) is 0 Å². The summed E-state index contributed by atoms with van der Waals surface area (Å²) in [5.41, 5.74) is 1.08. The van der Waals surface area contributed by atoms with E-state index in [0.717, 1.165) is 18.5 Å². The van der Waals surface area contributed by atoms with Crippen molar-refractivity contribution in [2.24, 2.45) is 0 Å². The molecule has 108 valence electrons. The Morgan fingerprint density at radius 2 is 1.79 bits per heavy atom. The highest BCUT2D eigenvalue weighted by Gasteiger charge is 2.30. The third-order valence-corrected chi connectivity index (χ3v) is 3.32. The highest BCUT2D eigenvalue weighted by atomic mass is 19.4. The van der Waals surface area contributed by atoms with E-state index in [2.05, 4.69) is 5.32 Å². The standard InChI is InChI=1S/C15H22F3N/c1-3-11-19-14(9-10-15(16,17)18)12(2)13-7-5-4-6-8-13/h4-8,12,14,19H,3,9-11H2,1-2H3. The van der Waals surface area contributed by atoms with E-state index < -0.39 is 12.6 Å². The monoisotopic (exact) mass is 273 g/mol. The first-order valence-corrected chi connectivity index (χ1v) is 6.79. The smallest absolute Gasteiger partial charge is 0.313 e. The fourth-order valence-electron chi connectivity index (χ4n) is 2.17. The van der Waals surface area contributed by atoms with Crippen molar-refractivity contribution in [3.8, 4) is 0 Å². The predicted molar refractivity (Wildman–Crippen MR) is 72.2 cm³/mol. The summed E-state index contributed by atoms with van der Waals surface area (Å²) in [5.74, 6) is 0.0788. The Hall–Kier alpha value is -1.03. The molecule has 0 heterocycles. The number of nitrogens with one attached hydrogen (secondary N) is 1. The van der Waals surface area contributed by atoms with Crippen LogP contribution >= 0.6 is 0 Å². The van der Waals surface area contributed by atoms with Gasteiger partial charge in [-0.15, -0.1) is 0 Å². The van der Waals surface area contributed by atoms with E-state index in [1.54, 1.807) is 0 Å². The molecule has 0 saturated carbocycles. The summed E-state index contributed by atoms with van der Waals surface area (Å²) in [4.78, 5) is 0. The van der Waals surface area contributed by atoms with Gasteiger partial charge in [-0.2, -0.15) is 13.2 Å². The van der Waals surface area contributed by atoms with Crippen LogP contribution in [-0.4, -0.2) is 18.8 Å². The van der Waals surface area contributed by atoms with Crippen LogP contribution in [0.5, 0.6) is 0 Å². The fourth-order valence-corrected chi connectivity index (χ4v) is 2.17. The zero-order valence-corrected chi connectivity index (χ0v) is 11.5. The first-order chi connectivity index (χ1) is 8.94. The van der Waals surface area contributed by atoms with Gasteiger partial charge in [-0.1, -0.05) is 44.2 Å². The lowest BCUT2D eigenvalue weighted by Gasteiger charge is -2.26. The lowest BCUT2D eigenvalue weighted by molar-refractivity contribution is -0.136. The number of hydrogen-bond acceptors (Lipinski definition) is 1. The fraction of sp³-hybridized carbons (Fsp3) is 0.600. The molecule has 0 aliphatic rings. The molecular weight excluding hydrogens is 251 g/mol. The van der Waals surface area contributed by atoms with Crippen LogP contribution in [0.25, 0.3) is 0 Å². The summed E-state index contributed by atoms with van der Waals surface area (Å²) in [6, 6.07) is 9.57. The quantitative estimate of drug-likeness (QED) is 0.771. The molecule has 1 N–H and O–H groups in total. The van der Waals surface area contributed by atoms with Crippen LogP contribution in [-0.2, 0) is 0 Å². The van der Waals surface area contributed by atoms with Crippen LogP contribution < -0.4 is 5.32 Å². The van der Waals surface area contributed by atoms with E-state index in [0.29, 0.717) is 0 Å². The van der Waals surface area contributed by atoms with Gasteiger partial charge in [0.25, 0.3) is 0 Å². The summed E-state index contributed by atoms with van der Waals surface area (Å²) in [6.45, 7) is 4.75. The van der Waals surface area contributed by atoms with Crippen molar-refractivity contribution in [1.82, 2.24) is 5.32 Å². The molecule has 1 aromatic carbocycles. The Kier molecular flexibility index (Phi) is 6.35. The highest BCUT2D eigenvalue weighted by Crippen LogP contribution is 2.27. The van der Waals surface area contributed by atoms with Crippen LogP contribution in [0, 0.1) is 0 Å². The minimum atomic E-state index is -4.08. The van der Waals surface area contributed by atoms with Gasteiger partial charge in [0.2, 0.25) is 0 Å². The second kappa shape index (κ2) is 7.53. The van der Waals surface area contributed by atoms with Gasteiger partial charge in [0.1, 0.15) is 0 Å². The lowest BCUT2D eigenvalue weighted by atomic mass is 9.90. The number of hydrogen-bond donors (Lipinski definition) is 1. The maximum absolute atomic E-state index is 12.4. The van der Waals surface area contributed by atoms with Crippen LogP contribution in [0.1, 0.15) is 44.6 Å². The Balaban J connectivity index is 2.67. The van der Waals surface area contributed by atoms with Crippen LogP contribution in [0.15, 0.2) is 30.3 Å². The Morgan fingerprint density at radius 3 is 2.32 bits per heavy atom. The van der Waals surface area contributed by atoms with Gasteiger partial charge in [-0.25, -0.2) is 0 Å². The first-order valence-electron chi connectivity index (χ1n) is 6.79. The molecule has 0 aliphatic carbocycles. The summed E-state index contributed by atoms with van der Waals surface area (Å²) >= 11 is 0. The minimum Gasteiger partial charge on any atom is -0.313 e. The summed E-state index contributed by atoms with van der Waals surface area (Å²) in [7, 11) is 0. The Bertz CT molecular complexity index is 348. The predicted octanol–water partition coefficient (Wildman–Crippen LogP) is 4.50. The molecule has 0 bridgehead atoms. The van der Waals surface area contributed by atoms with Gasteiger partial charge in [0.15, 0.2) is 0 Å². The summed E-state index contributed by atoms with van der Waals surface area (Å²) in [6.07, 6.45) is -3.77. The molecule has 0 aliphatic heterocycles. The van der Waals surface area contributed by atoms with Crippen LogP contribution in [0.3, 0.4) is 0 Å². The third-order valence-electron chi connectivity index (χ3n) is 3.32. The molecule has 0 radical (unpaired) electrons. The molecule has 1 nitrogen and oxygen atoms in total. The normalized spacial score (nSPS) is 15.2. The summed E-state index contributed by atoms with van der Waals surface area (Å²) in [5, 5.41) is 3.24. The maximum Gasteiger partial charge on any atom is 0.389 e. The van der Waals surface area contributed by atoms with Gasteiger partial charge in [-0.3, -0.25) is 0 Å². The van der Waals surface area contributed by atoms with Crippen molar-refractivity contribution >= 4 is 0 Å². The lowest BCUT2D eigenvalue weighted by Crippen LogP contribution is -2.35. The number of halogens is 3. The van der Waals surface area contributed by atoms with E-state index in [-0.39, 0.29) is 18.4 Å². The van der Waals surface area contributed by atoms with Crippen molar-refractivity contribution in [3.05, 3.63) is 35.9 Å². The van der Waals surface area contributed by atoms with E-state index in [1.165, 1.54) is 0 Å². The van der Waals surface area contributed by atoms with Crippen molar-refractivity contribution in [3.63, 3.8) is 0 Å². The molecule has 1 aromatic rings. The second-order valence-corrected chi connectivity index (χ2v) is 4.91. The topological polar surface area (TPSA) is 12.0 Å². The zero-order valence-electron chi connectivity index (χ0n) is 11.5. The average molecular weight is 273 g/mol. The van der Waals surface area contributed by atoms with Crippen molar-refractivity contribution in [2.75, 3.05) is 6.54 Å². The molecular formula is C15H22F3N. The van der Waals surface area contributed by atoms with E-state index >= 15 is 0 Å². The molecule has 2 atom stereocenters. The Labute approximate surface area is 113 Å². The maximum atomic E-state index is 12.4. The number of rotatable bonds is 7. The van der Waals surface area contributed by atoms with Gasteiger partial charge < -0.3 is 5.32 Å². The molecule has 0 spiro atoms. The molecule has 0 fully saturated rings. The van der Waals surface area contributed by atoms with Crippen molar-refractivity contribution in [2.45, 2.75) is 51.2 Å². The molecule has 0 aromatic heterocycles. The molecule has 0 saturated heterocycles. The minimum absolute atomic E-state index is 0.0788. The number of alkyl halides is 3. The average Bonchev–Trinajstić information content (AvgIpc) is 2.38.